The van der Waals surface area contributed by atoms with Crippen LogP contribution in [0.4, 0.5) is 0 Å². The van der Waals surface area contributed by atoms with Gasteiger partial charge in [0, 0.05) is 16.5 Å². The van der Waals surface area contributed by atoms with Crippen LogP contribution >= 0.6 is 24.8 Å². The summed E-state index contributed by atoms with van der Waals surface area (Å²) in [5.41, 5.74) is 13.1. The number of phenolic OH excluding ortho intramolecular Hbond substituents is 1. The number of hydrogen-bond acceptors (Lipinski definition) is 4. The minimum Gasteiger partial charge on any atom is -0.507 e. The Balaban J connectivity index is 0.00000144. The third-order valence-corrected chi connectivity index (χ3v) is 3.40. The first-order chi connectivity index (χ1) is 10.5. The molecule has 1 heterocycles. The summed E-state index contributed by atoms with van der Waals surface area (Å²) in [7, 11) is 0. The van der Waals surface area contributed by atoms with Crippen LogP contribution in [0.25, 0.3) is 22.3 Å². The van der Waals surface area contributed by atoms with Crippen LogP contribution in [0.2, 0.25) is 0 Å². The number of hydrogen-bond donors (Lipinski definition) is 5. The van der Waals surface area contributed by atoms with Crippen LogP contribution < -0.4 is 11.5 Å². The van der Waals surface area contributed by atoms with Crippen molar-refractivity contribution in [3.8, 4) is 17.1 Å². The van der Waals surface area contributed by atoms with Crippen molar-refractivity contribution in [1.29, 1.82) is 10.8 Å². The van der Waals surface area contributed by atoms with Crippen LogP contribution in [-0.4, -0.2) is 16.8 Å². The first-order valence-electron chi connectivity index (χ1n) is 6.51. The van der Waals surface area contributed by atoms with Crippen LogP contribution in [0.5, 0.6) is 5.75 Å². The van der Waals surface area contributed by atoms with Gasteiger partial charge in [-0.25, -0.2) is 0 Å². The number of nitrogens with two attached hydrogens (primary N) is 2. The molecule has 0 aliphatic heterocycles. The summed E-state index contributed by atoms with van der Waals surface area (Å²) in [5.74, 6) is 0.345. The minimum atomic E-state index is -0.113. The molecule has 0 saturated heterocycles. The predicted octanol–water partition coefficient (Wildman–Crippen LogP) is 3.22. The first kappa shape index (κ1) is 19.3. The lowest BCUT2D eigenvalue weighted by atomic mass is 10.1. The third kappa shape index (κ3) is 3.45. The van der Waals surface area contributed by atoms with Crippen molar-refractivity contribution in [2.45, 2.75) is 0 Å². The Bertz CT molecular complexity index is 922. The molecule has 0 atom stereocenters. The van der Waals surface area contributed by atoms with Crippen LogP contribution in [-0.2, 0) is 0 Å². The van der Waals surface area contributed by atoms with Gasteiger partial charge in [-0.3, -0.25) is 10.8 Å². The van der Waals surface area contributed by atoms with Crippen molar-refractivity contribution < 1.29 is 9.52 Å². The van der Waals surface area contributed by atoms with E-state index in [2.05, 4.69) is 0 Å². The molecule has 126 valence electrons. The highest BCUT2D eigenvalue weighted by atomic mass is 35.5. The zero-order valence-corrected chi connectivity index (χ0v) is 14.0. The van der Waals surface area contributed by atoms with Crippen LogP contribution in [0.15, 0.2) is 46.9 Å². The van der Waals surface area contributed by atoms with E-state index in [1.807, 2.05) is 0 Å². The van der Waals surface area contributed by atoms with Gasteiger partial charge in [0.1, 0.15) is 28.8 Å². The van der Waals surface area contributed by atoms with Gasteiger partial charge in [0.2, 0.25) is 0 Å². The third-order valence-electron chi connectivity index (χ3n) is 3.40. The molecule has 3 rings (SSSR count). The van der Waals surface area contributed by atoms with Crippen LogP contribution in [0.3, 0.4) is 0 Å². The fourth-order valence-electron chi connectivity index (χ4n) is 2.25. The van der Waals surface area contributed by atoms with E-state index in [-0.39, 0.29) is 42.2 Å². The van der Waals surface area contributed by atoms with E-state index >= 15 is 0 Å². The molecule has 6 nitrogen and oxygen atoms in total. The highest BCUT2D eigenvalue weighted by Gasteiger charge is 2.12. The highest BCUT2D eigenvalue weighted by Crippen LogP contribution is 2.34. The second kappa shape index (κ2) is 7.25. The van der Waals surface area contributed by atoms with E-state index in [0.717, 1.165) is 5.39 Å². The van der Waals surface area contributed by atoms with Gasteiger partial charge in [0.15, 0.2) is 0 Å². The van der Waals surface area contributed by atoms with E-state index in [1.165, 1.54) is 6.07 Å². The molecule has 2 aromatic carbocycles. The SMILES string of the molecule is Cl.Cl.N=C(N)c1ccc(-c2cc3cc(C(=N)N)ccc3o2)c(O)c1. The van der Waals surface area contributed by atoms with E-state index in [1.54, 1.807) is 36.4 Å². The Morgan fingerprint density at radius 3 is 2.04 bits per heavy atom. The molecule has 8 heteroatoms. The Hall–Kier alpha value is -2.70. The molecule has 0 spiro atoms. The van der Waals surface area contributed by atoms with Crippen molar-refractivity contribution in [2.75, 3.05) is 0 Å². The van der Waals surface area contributed by atoms with Gasteiger partial charge in [-0.15, -0.1) is 24.8 Å². The summed E-state index contributed by atoms with van der Waals surface area (Å²) >= 11 is 0. The Morgan fingerprint density at radius 1 is 0.875 bits per heavy atom. The first-order valence-corrected chi connectivity index (χ1v) is 6.51. The number of rotatable bonds is 3. The number of phenols is 1. The molecule has 0 radical (unpaired) electrons. The number of furan rings is 1. The van der Waals surface area contributed by atoms with Gasteiger partial charge >= 0.3 is 0 Å². The summed E-state index contributed by atoms with van der Waals surface area (Å²) in [5, 5.41) is 25.7. The summed E-state index contributed by atoms with van der Waals surface area (Å²) in [6.07, 6.45) is 0. The highest BCUT2D eigenvalue weighted by molar-refractivity contribution is 5.99. The Kier molecular flexibility index (Phi) is 5.84. The van der Waals surface area contributed by atoms with Crippen molar-refractivity contribution in [1.82, 2.24) is 0 Å². The van der Waals surface area contributed by atoms with E-state index in [4.69, 9.17) is 26.7 Å². The lowest BCUT2D eigenvalue weighted by molar-refractivity contribution is 0.474. The number of aromatic hydroxyl groups is 1. The molecule has 0 bridgehead atoms. The maximum Gasteiger partial charge on any atom is 0.139 e. The molecule has 0 aliphatic rings. The summed E-state index contributed by atoms with van der Waals surface area (Å²) in [6.45, 7) is 0. The topological polar surface area (TPSA) is 133 Å². The smallest absolute Gasteiger partial charge is 0.139 e. The molecular formula is C16H16Cl2N4O2. The summed E-state index contributed by atoms with van der Waals surface area (Å²) in [6, 6.07) is 11.7. The normalized spacial score (nSPS) is 9.83. The molecule has 0 amide bonds. The zero-order chi connectivity index (χ0) is 15.9. The number of benzene rings is 2. The largest absolute Gasteiger partial charge is 0.507 e. The average molecular weight is 367 g/mol. The lowest BCUT2D eigenvalue weighted by Gasteiger charge is -2.03. The number of amidine groups is 2. The second-order valence-corrected chi connectivity index (χ2v) is 4.92. The van der Waals surface area contributed by atoms with E-state index < -0.39 is 0 Å². The van der Waals surface area contributed by atoms with Crippen molar-refractivity contribution in [2.24, 2.45) is 11.5 Å². The maximum absolute atomic E-state index is 10.1. The Morgan fingerprint density at radius 2 is 1.46 bits per heavy atom. The number of fused-ring (bicyclic) bond motifs is 1. The fraction of sp³-hybridized carbons (Fsp3) is 0. The number of halogens is 2. The average Bonchev–Trinajstić information content (AvgIpc) is 2.89. The number of nitrogens with one attached hydrogen (secondary N) is 2. The van der Waals surface area contributed by atoms with Crippen LogP contribution in [0, 0.1) is 10.8 Å². The van der Waals surface area contributed by atoms with Gasteiger partial charge in [-0.1, -0.05) is 6.07 Å². The summed E-state index contributed by atoms with van der Waals surface area (Å²) < 4.78 is 5.71. The van der Waals surface area contributed by atoms with Gasteiger partial charge < -0.3 is 21.0 Å². The molecular weight excluding hydrogens is 351 g/mol. The number of nitrogen functional groups attached to an aromatic ring is 2. The predicted molar refractivity (Wildman–Crippen MR) is 99.8 cm³/mol. The molecule has 3 aromatic rings. The van der Waals surface area contributed by atoms with Gasteiger partial charge in [-0.05, 0) is 36.4 Å². The lowest BCUT2D eigenvalue weighted by Crippen LogP contribution is -2.10. The molecule has 24 heavy (non-hydrogen) atoms. The quantitative estimate of drug-likeness (QED) is 0.359. The monoisotopic (exact) mass is 366 g/mol. The minimum absolute atomic E-state index is 0. The molecule has 0 saturated carbocycles. The van der Waals surface area contributed by atoms with Gasteiger partial charge in [0.25, 0.3) is 0 Å². The molecule has 0 unspecified atom stereocenters. The summed E-state index contributed by atoms with van der Waals surface area (Å²) in [4.78, 5) is 0. The maximum atomic E-state index is 10.1. The molecule has 0 aliphatic carbocycles. The van der Waals surface area contributed by atoms with Crippen molar-refractivity contribution >= 4 is 47.5 Å². The second-order valence-electron chi connectivity index (χ2n) is 4.92. The molecule has 1 aromatic heterocycles. The zero-order valence-electron chi connectivity index (χ0n) is 12.4. The molecule has 0 fully saturated rings. The molecule has 7 N–H and O–H groups in total. The van der Waals surface area contributed by atoms with Gasteiger partial charge in [0.05, 0.1) is 5.56 Å². The van der Waals surface area contributed by atoms with E-state index in [0.29, 0.717) is 28.0 Å². The van der Waals surface area contributed by atoms with Crippen molar-refractivity contribution in [3.05, 3.63) is 53.6 Å². The Labute approximate surface area is 150 Å². The van der Waals surface area contributed by atoms with Crippen LogP contribution in [0.1, 0.15) is 11.1 Å². The van der Waals surface area contributed by atoms with Crippen molar-refractivity contribution in [3.63, 3.8) is 0 Å². The fourth-order valence-corrected chi connectivity index (χ4v) is 2.25. The van der Waals surface area contributed by atoms with Gasteiger partial charge in [-0.2, -0.15) is 0 Å². The van der Waals surface area contributed by atoms with E-state index in [9.17, 15) is 5.11 Å². The standard InChI is InChI=1S/C16H14N4O2.2ClH/c17-15(18)8-2-4-13-10(5-8)7-14(22-13)11-3-1-9(16(19)20)6-12(11)21;;/h1-7,21H,(H3,17,18)(H3,19,20);2*1H.